The molecule has 2 aliphatic rings. The van der Waals surface area contributed by atoms with Crippen molar-refractivity contribution in [3.8, 4) is 0 Å². The highest BCUT2D eigenvalue weighted by molar-refractivity contribution is 5.06. The highest BCUT2D eigenvalue weighted by Crippen LogP contribution is 2.35. The van der Waals surface area contributed by atoms with Gasteiger partial charge in [-0.05, 0) is 52.5 Å². The average Bonchev–Trinajstić information content (AvgIpc) is 2.99. The maximum absolute atomic E-state index is 5.18. The molecule has 1 aromatic heterocycles. The fourth-order valence-electron chi connectivity index (χ4n) is 4.06. The Bertz CT molecular complexity index is 417. The summed E-state index contributed by atoms with van der Waals surface area (Å²) in [4.78, 5) is 7.56. The second-order valence-electron chi connectivity index (χ2n) is 6.80. The van der Waals surface area contributed by atoms with Crippen molar-refractivity contribution < 1.29 is 4.42 Å². The molecule has 3 rings (SSSR count). The van der Waals surface area contributed by atoms with Crippen LogP contribution in [0, 0.1) is 5.92 Å². The summed E-state index contributed by atoms with van der Waals surface area (Å²) in [6, 6.07) is 3.61. The second kappa shape index (κ2) is 5.88. The number of nitrogens with zero attached hydrogens (tertiary/aromatic N) is 3. The van der Waals surface area contributed by atoms with Gasteiger partial charge in [0.2, 0.25) is 0 Å². The van der Waals surface area contributed by atoms with E-state index in [2.05, 4.69) is 41.9 Å². The SMILES string of the molecule is CN(C)C[C@@H]1C[C@@H]2CN(Cc3ccoc3)CC[C@@H]2N1C. The van der Waals surface area contributed by atoms with Gasteiger partial charge < -0.3 is 9.32 Å². The molecule has 0 spiro atoms. The maximum atomic E-state index is 5.18. The molecule has 2 aliphatic heterocycles. The van der Waals surface area contributed by atoms with Gasteiger partial charge in [-0.1, -0.05) is 0 Å². The van der Waals surface area contributed by atoms with E-state index in [-0.39, 0.29) is 0 Å². The number of hydrogen-bond donors (Lipinski definition) is 0. The first-order valence-electron chi connectivity index (χ1n) is 7.73. The van der Waals surface area contributed by atoms with Crippen molar-refractivity contribution in [2.75, 3.05) is 40.8 Å². The summed E-state index contributed by atoms with van der Waals surface area (Å²) in [5.74, 6) is 0.839. The van der Waals surface area contributed by atoms with E-state index in [0.29, 0.717) is 0 Å². The number of hydrogen-bond acceptors (Lipinski definition) is 4. The lowest BCUT2D eigenvalue weighted by Gasteiger charge is -2.37. The molecule has 4 heteroatoms. The van der Waals surface area contributed by atoms with Crippen LogP contribution in [0.15, 0.2) is 23.0 Å². The van der Waals surface area contributed by atoms with E-state index < -0.39 is 0 Å². The van der Waals surface area contributed by atoms with Crippen molar-refractivity contribution >= 4 is 0 Å². The van der Waals surface area contributed by atoms with Gasteiger partial charge in [0.15, 0.2) is 0 Å². The first-order valence-corrected chi connectivity index (χ1v) is 7.73. The molecule has 2 saturated heterocycles. The smallest absolute Gasteiger partial charge is 0.0947 e. The molecule has 0 saturated carbocycles. The van der Waals surface area contributed by atoms with E-state index in [0.717, 1.165) is 24.5 Å². The van der Waals surface area contributed by atoms with Crippen molar-refractivity contribution in [3.63, 3.8) is 0 Å². The standard InChI is InChI=1S/C16H27N3O/c1-17(2)11-15-8-14-10-19(6-4-16(14)18(15)3)9-13-5-7-20-12-13/h5,7,12,14-16H,4,6,8-11H2,1-3H3/t14-,15+,16+/m1/s1. The van der Waals surface area contributed by atoms with E-state index >= 15 is 0 Å². The molecule has 0 aliphatic carbocycles. The van der Waals surface area contributed by atoms with E-state index in [1.807, 2.05) is 6.26 Å². The Morgan fingerprint density at radius 1 is 1.40 bits per heavy atom. The fourth-order valence-corrected chi connectivity index (χ4v) is 4.06. The minimum absolute atomic E-state index is 0.730. The lowest BCUT2D eigenvalue weighted by Crippen LogP contribution is -2.46. The fraction of sp³-hybridized carbons (Fsp3) is 0.750. The number of fused-ring (bicyclic) bond motifs is 1. The van der Waals surface area contributed by atoms with Gasteiger partial charge in [-0.25, -0.2) is 0 Å². The normalized spacial score (nSPS) is 31.9. The molecular weight excluding hydrogens is 250 g/mol. The van der Waals surface area contributed by atoms with Gasteiger partial charge in [-0.15, -0.1) is 0 Å². The minimum atomic E-state index is 0.730. The van der Waals surface area contributed by atoms with Crippen LogP contribution < -0.4 is 0 Å². The van der Waals surface area contributed by atoms with Crippen molar-refractivity contribution in [1.29, 1.82) is 0 Å². The molecule has 0 N–H and O–H groups in total. The van der Waals surface area contributed by atoms with Gasteiger partial charge in [0.05, 0.1) is 12.5 Å². The van der Waals surface area contributed by atoms with Crippen LogP contribution in [0.2, 0.25) is 0 Å². The third kappa shape index (κ3) is 2.92. The van der Waals surface area contributed by atoms with Crippen LogP contribution in [0.5, 0.6) is 0 Å². The van der Waals surface area contributed by atoms with Crippen LogP contribution in [0.3, 0.4) is 0 Å². The third-order valence-electron chi connectivity index (χ3n) is 5.01. The van der Waals surface area contributed by atoms with Crippen molar-refractivity contribution in [3.05, 3.63) is 24.2 Å². The molecule has 20 heavy (non-hydrogen) atoms. The molecule has 3 heterocycles. The summed E-state index contributed by atoms with van der Waals surface area (Å²) >= 11 is 0. The molecule has 2 fully saturated rings. The Balaban J connectivity index is 1.58. The van der Waals surface area contributed by atoms with Crippen molar-refractivity contribution in [1.82, 2.24) is 14.7 Å². The van der Waals surface area contributed by atoms with E-state index in [1.54, 1.807) is 6.26 Å². The molecule has 3 atom stereocenters. The molecule has 112 valence electrons. The Labute approximate surface area is 122 Å². The summed E-state index contributed by atoms with van der Waals surface area (Å²) in [6.07, 6.45) is 6.31. The zero-order chi connectivity index (χ0) is 14.1. The van der Waals surface area contributed by atoms with E-state index in [1.165, 1.54) is 38.0 Å². The van der Waals surface area contributed by atoms with Gasteiger partial charge in [0.25, 0.3) is 0 Å². The number of rotatable bonds is 4. The molecule has 0 bridgehead atoms. The molecule has 0 aromatic carbocycles. The van der Waals surface area contributed by atoms with Crippen LogP contribution in [-0.4, -0.2) is 67.6 Å². The summed E-state index contributed by atoms with van der Waals surface area (Å²) < 4.78 is 5.18. The molecule has 0 unspecified atom stereocenters. The Hall–Kier alpha value is -0.840. The van der Waals surface area contributed by atoms with E-state index in [4.69, 9.17) is 4.42 Å². The number of likely N-dealkylation sites (N-methyl/N-ethyl adjacent to an activating group) is 2. The monoisotopic (exact) mass is 277 g/mol. The van der Waals surface area contributed by atoms with Crippen molar-refractivity contribution in [2.45, 2.75) is 31.5 Å². The number of furan rings is 1. The van der Waals surface area contributed by atoms with E-state index in [9.17, 15) is 0 Å². The lowest BCUT2D eigenvalue weighted by molar-refractivity contribution is 0.108. The van der Waals surface area contributed by atoms with Gasteiger partial charge in [0.1, 0.15) is 0 Å². The molecular formula is C16H27N3O. The van der Waals surface area contributed by atoms with Gasteiger partial charge >= 0.3 is 0 Å². The van der Waals surface area contributed by atoms with Crippen LogP contribution in [0.1, 0.15) is 18.4 Å². The molecule has 0 radical (unpaired) electrons. The van der Waals surface area contributed by atoms with Crippen LogP contribution in [0.25, 0.3) is 0 Å². The Kier molecular flexibility index (Phi) is 4.15. The zero-order valence-electron chi connectivity index (χ0n) is 13.0. The van der Waals surface area contributed by atoms with Gasteiger partial charge in [0, 0.05) is 37.3 Å². The predicted molar refractivity (Wildman–Crippen MR) is 80.6 cm³/mol. The first-order chi connectivity index (χ1) is 9.63. The second-order valence-corrected chi connectivity index (χ2v) is 6.80. The number of piperidine rings is 1. The van der Waals surface area contributed by atoms with Gasteiger partial charge in [-0.2, -0.15) is 0 Å². The highest BCUT2D eigenvalue weighted by atomic mass is 16.3. The topological polar surface area (TPSA) is 22.9 Å². The predicted octanol–water partition coefficient (Wildman–Crippen LogP) is 1.74. The highest BCUT2D eigenvalue weighted by Gasteiger charge is 2.41. The quantitative estimate of drug-likeness (QED) is 0.836. The summed E-state index contributed by atoms with van der Waals surface area (Å²) in [6.45, 7) is 4.68. The number of likely N-dealkylation sites (tertiary alicyclic amines) is 2. The largest absolute Gasteiger partial charge is 0.472 e. The molecule has 0 amide bonds. The van der Waals surface area contributed by atoms with Gasteiger partial charge in [-0.3, -0.25) is 9.80 Å². The van der Waals surface area contributed by atoms with Crippen LogP contribution in [0.4, 0.5) is 0 Å². The van der Waals surface area contributed by atoms with Crippen molar-refractivity contribution in [2.24, 2.45) is 5.92 Å². The molecule has 1 aromatic rings. The van der Waals surface area contributed by atoms with Crippen LogP contribution in [-0.2, 0) is 6.54 Å². The maximum Gasteiger partial charge on any atom is 0.0947 e. The lowest BCUT2D eigenvalue weighted by atomic mass is 9.92. The Morgan fingerprint density at radius 2 is 2.25 bits per heavy atom. The zero-order valence-corrected chi connectivity index (χ0v) is 13.0. The molecule has 4 nitrogen and oxygen atoms in total. The Morgan fingerprint density at radius 3 is 2.95 bits per heavy atom. The van der Waals surface area contributed by atoms with Crippen LogP contribution >= 0.6 is 0 Å². The average molecular weight is 277 g/mol. The summed E-state index contributed by atoms with van der Waals surface area (Å²) in [5.41, 5.74) is 1.31. The summed E-state index contributed by atoms with van der Waals surface area (Å²) in [5, 5.41) is 0. The third-order valence-corrected chi connectivity index (χ3v) is 5.01. The first kappa shape index (κ1) is 14.1. The summed E-state index contributed by atoms with van der Waals surface area (Å²) in [7, 11) is 6.69. The minimum Gasteiger partial charge on any atom is -0.472 e.